The minimum Gasteiger partial charge on any atom is -0.507 e. The van der Waals surface area contributed by atoms with Crippen molar-refractivity contribution in [3.63, 3.8) is 0 Å². The third-order valence-corrected chi connectivity index (χ3v) is 6.89. The van der Waals surface area contributed by atoms with Crippen LogP contribution in [0.3, 0.4) is 0 Å². The fourth-order valence-electron chi connectivity index (χ4n) is 3.88. The molecule has 1 amide bonds. The number of alkyl halides is 2. The summed E-state index contributed by atoms with van der Waals surface area (Å²) >= 11 is 0. The van der Waals surface area contributed by atoms with Gasteiger partial charge in [0.2, 0.25) is 0 Å². The fraction of sp³-hybridized carbons (Fsp3) is 0.200. The zero-order valence-electron chi connectivity index (χ0n) is 19.4. The number of amides is 1. The number of halogens is 2. The molecule has 2 aromatic carbocycles. The van der Waals surface area contributed by atoms with Gasteiger partial charge in [-0.25, -0.2) is 17.2 Å². The van der Waals surface area contributed by atoms with Gasteiger partial charge in [-0.3, -0.25) is 14.5 Å². The number of aryl methyl sites for hydroxylation is 1. The number of aliphatic hydroxyl groups excluding tert-OH is 1. The van der Waals surface area contributed by atoms with Gasteiger partial charge < -0.3 is 5.11 Å². The summed E-state index contributed by atoms with van der Waals surface area (Å²) in [5.41, 5.74) is 0.364. The number of hydrogen-bond donors (Lipinski definition) is 1. The lowest BCUT2D eigenvalue weighted by atomic mass is 9.94. The summed E-state index contributed by atoms with van der Waals surface area (Å²) in [6.07, 6.45) is 1.03. The predicted molar refractivity (Wildman–Crippen MR) is 127 cm³/mol. The number of ketones is 1. The lowest BCUT2D eigenvalue weighted by molar-refractivity contribution is -0.132. The van der Waals surface area contributed by atoms with Crippen LogP contribution < -0.4 is 4.90 Å². The molecule has 0 radical (unpaired) electrons. The number of benzene rings is 2. The van der Waals surface area contributed by atoms with Crippen molar-refractivity contribution in [2.24, 2.45) is 0 Å². The summed E-state index contributed by atoms with van der Waals surface area (Å²) in [5, 5.41) is 19.0. The molecule has 0 aliphatic carbocycles. The van der Waals surface area contributed by atoms with Crippen LogP contribution in [0.2, 0.25) is 0 Å². The highest BCUT2D eigenvalue weighted by Crippen LogP contribution is 2.42. The van der Waals surface area contributed by atoms with E-state index in [-0.39, 0.29) is 33.0 Å². The largest absolute Gasteiger partial charge is 0.507 e. The molecule has 1 fully saturated rings. The highest BCUT2D eigenvalue weighted by molar-refractivity contribution is 7.90. The molecule has 1 saturated heterocycles. The molecule has 1 unspecified atom stereocenters. The normalized spacial score (nSPS) is 18.0. The van der Waals surface area contributed by atoms with Gasteiger partial charge in [0.25, 0.3) is 11.7 Å². The van der Waals surface area contributed by atoms with Gasteiger partial charge in [-0.05, 0) is 48.9 Å². The van der Waals surface area contributed by atoms with Gasteiger partial charge in [-0.15, -0.1) is 5.10 Å². The van der Waals surface area contributed by atoms with Gasteiger partial charge in [0.15, 0.2) is 15.7 Å². The Morgan fingerprint density at radius 2 is 1.58 bits per heavy atom. The van der Waals surface area contributed by atoms with Crippen molar-refractivity contribution in [2.45, 2.75) is 30.7 Å². The van der Waals surface area contributed by atoms with E-state index >= 15 is 0 Å². The number of Topliss-reactive ketones (excluding diaryl/α,β-unsaturated/α-hetero) is 1. The van der Waals surface area contributed by atoms with Crippen LogP contribution in [0.4, 0.5) is 14.6 Å². The topological polar surface area (TPSA) is 118 Å². The highest BCUT2D eigenvalue weighted by atomic mass is 32.2. The molecule has 0 saturated carbocycles. The molecule has 1 aromatic heterocycles. The van der Waals surface area contributed by atoms with Crippen LogP contribution in [0.25, 0.3) is 5.76 Å². The lowest BCUT2D eigenvalue weighted by Gasteiger charge is -2.24. The molecule has 36 heavy (non-hydrogen) atoms. The number of anilines is 1. The van der Waals surface area contributed by atoms with Crippen LogP contribution in [0.1, 0.15) is 35.3 Å². The summed E-state index contributed by atoms with van der Waals surface area (Å²) in [6.45, 7) is 2.43. The Balaban J connectivity index is 1.91. The van der Waals surface area contributed by atoms with Crippen molar-refractivity contribution in [3.8, 4) is 0 Å². The van der Waals surface area contributed by atoms with Crippen molar-refractivity contribution in [1.29, 1.82) is 0 Å². The monoisotopic (exact) mass is 513 g/mol. The highest BCUT2D eigenvalue weighted by Gasteiger charge is 2.47. The van der Waals surface area contributed by atoms with Gasteiger partial charge in [0.1, 0.15) is 5.76 Å². The smallest absolute Gasteiger partial charge is 0.301 e. The molecule has 3 aromatic rings. The number of aliphatic hydroxyl groups is 1. The Hall–Kier alpha value is -3.99. The quantitative estimate of drug-likeness (QED) is 0.312. The predicted octanol–water partition coefficient (Wildman–Crippen LogP) is 3.93. The SMILES string of the molecule is Cc1ccc(N2C(=O)C(=O)C(=C(O)c3ccc(S(C)(=O)=O)cc3)C2c2ccc(C(C)(F)F)cc2)nn1. The van der Waals surface area contributed by atoms with Crippen LogP contribution in [-0.4, -0.2) is 41.7 Å². The van der Waals surface area contributed by atoms with Gasteiger partial charge in [0, 0.05) is 24.3 Å². The number of nitrogens with zero attached hydrogens (tertiary/aromatic N) is 3. The first-order valence-corrected chi connectivity index (χ1v) is 12.6. The van der Waals surface area contributed by atoms with Crippen molar-refractivity contribution in [3.05, 3.63) is 88.6 Å². The van der Waals surface area contributed by atoms with Crippen LogP contribution in [0, 0.1) is 6.92 Å². The molecule has 1 aliphatic heterocycles. The van der Waals surface area contributed by atoms with E-state index in [0.717, 1.165) is 18.1 Å². The van der Waals surface area contributed by atoms with Gasteiger partial charge in [0.05, 0.1) is 22.2 Å². The maximum Gasteiger partial charge on any atom is 0.301 e. The summed E-state index contributed by atoms with van der Waals surface area (Å²) in [7, 11) is -3.51. The molecular formula is C25H21F2N3O5S. The van der Waals surface area contributed by atoms with Gasteiger partial charge in [-0.2, -0.15) is 5.10 Å². The lowest BCUT2D eigenvalue weighted by Crippen LogP contribution is -2.30. The third kappa shape index (κ3) is 4.61. The van der Waals surface area contributed by atoms with E-state index in [9.17, 15) is 31.9 Å². The molecule has 1 aliphatic rings. The summed E-state index contributed by atoms with van der Waals surface area (Å²) < 4.78 is 51.1. The number of aromatic nitrogens is 2. The second-order valence-corrected chi connectivity index (χ2v) is 10.5. The molecule has 1 N–H and O–H groups in total. The van der Waals surface area contributed by atoms with Crippen molar-refractivity contribution in [2.75, 3.05) is 11.2 Å². The first-order chi connectivity index (χ1) is 16.8. The zero-order valence-corrected chi connectivity index (χ0v) is 20.3. The summed E-state index contributed by atoms with van der Waals surface area (Å²) in [5.74, 6) is -5.63. The van der Waals surface area contributed by atoms with Crippen LogP contribution >= 0.6 is 0 Å². The van der Waals surface area contributed by atoms with Gasteiger partial charge in [-0.1, -0.05) is 24.3 Å². The molecule has 1 atom stereocenters. The molecule has 8 nitrogen and oxygen atoms in total. The maximum atomic E-state index is 13.8. The molecule has 11 heteroatoms. The maximum absolute atomic E-state index is 13.8. The molecular weight excluding hydrogens is 492 g/mol. The number of carbonyl (C=O) groups excluding carboxylic acids is 2. The zero-order chi connectivity index (χ0) is 26.4. The number of carbonyl (C=O) groups is 2. The van der Waals surface area contributed by atoms with E-state index < -0.39 is 39.3 Å². The van der Waals surface area contributed by atoms with Crippen molar-refractivity contribution >= 4 is 33.1 Å². The van der Waals surface area contributed by atoms with E-state index in [2.05, 4.69) is 10.2 Å². The average molecular weight is 514 g/mol. The Morgan fingerprint density at radius 1 is 0.972 bits per heavy atom. The van der Waals surface area contributed by atoms with E-state index in [1.807, 2.05) is 0 Å². The van der Waals surface area contributed by atoms with Crippen molar-refractivity contribution in [1.82, 2.24) is 10.2 Å². The van der Waals surface area contributed by atoms with Crippen LogP contribution in [-0.2, 0) is 25.3 Å². The minimum absolute atomic E-state index is 0.00191. The fourth-order valence-corrected chi connectivity index (χ4v) is 4.51. The third-order valence-electron chi connectivity index (χ3n) is 5.76. The Bertz CT molecular complexity index is 1480. The Labute approximate surface area is 205 Å². The Morgan fingerprint density at radius 3 is 2.08 bits per heavy atom. The average Bonchev–Trinajstić information content (AvgIpc) is 3.09. The molecule has 4 rings (SSSR count). The first kappa shape index (κ1) is 25.1. The van der Waals surface area contributed by atoms with Gasteiger partial charge >= 0.3 is 5.91 Å². The standard InChI is InChI=1S/C25H21F2N3O5S/c1-14-4-13-19(29-28-14)30-21(15-5-9-17(10-6-15)25(2,26)27)20(23(32)24(30)33)22(31)16-7-11-18(12-8-16)36(3,34)35/h4-13,21,31H,1-3H3. The summed E-state index contributed by atoms with van der Waals surface area (Å²) in [4.78, 5) is 27.3. The van der Waals surface area contributed by atoms with Crippen molar-refractivity contribution < 1.29 is 31.9 Å². The number of sulfone groups is 1. The number of hydrogen-bond acceptors (Lipinski definition) is 7. The van der Waals surface area contributed by atoms with E-state index in [0.29, 0.717) is 5.69 Å². The van der Waals surface area contributed by atoms with E-state index in [4.69, 9.17) is 0 Å². The minimum atomic E-state index is -3.51. The van der Waals surface area contributed by atoms with Crippen LogP contribution in [0.15, 0.2) is 71.1 Å². The molecule has 186 valence electrons. The van der Waals surface area contributed by atoms with E-state index in [1.165, 1.54) is 54.6 Å². The second kappa shape index (κ2) is 8.90. The molecule has 0 bridgehead atoms. The summed E-state index contributed by atoms with van der Waals surface area (Å²) in [6, 6.07) is 12.1. The molecule has 0 spiro atoms. The van der Waals surface area contributed by atoms with Crippen LogP contribution in [0.5, 0.6) is 0 Å². The first-order valence-electron chi connectivity index (χ1n) is 10.7. The Kier molecular flexibility index (Phi) is 6.21. The molecule has 2 heterocycles. The van der Waals surface area contributed by atoms with E-state index in [1.54, 1.807) is 13.0 Å². The second-order valence-electron chi connectivity index (χ2n) is 8.51. The number of rotatable bonds is 5.